The molecule has 0 aromatic carbocycles. The molecule has 1 aliphatic heterocycles. The summed E-state index contributed by atoms with van der Waals surface area (Å²) in [6.45, 7) is 9.52. The van der Waals surface area contributed by atoms with Crippen molar-refractivity contribution in [3.05, 3.63) is 18.2 Å². The first-order chi connectivity index (χ1) is 10.1. The summed E-state index contributed by atoms with van der Waals surface area (Å²) in [6.07, 6.45) is 4.70. The van der Waals surface area contributed by atoms with E-state index in [1.165, 1.54) is 0 Å². The van der Waals surface area contributed by atoms with E-state index in [2.05, 4.69) is 38.6 Å². The maximum atomic E-state index is 12.2. The molecule has 1 saturated heterocycles. The second kappa shape index (κ2) is 7.56. The van der Waals surface area contributed by atoms with E-state index >= 15 is 0 Å². The number of nitrogens with zero attached hydrogens (tertiary/aromatic N) is 4. The van der Waals surface area contributed by atoms with Crippen molar-refractivity contribution in [2.24, 2.45) is 0 Å². The average molecular weight is 293 g/mol. The first-order valence-electron chi connectivity index (χ1n) is 7.82. The second-order valence-corrected chi connectivity index (χ2v) is 5.70. The van der Waals surface area contributed by atoms with Gasteiger partial charge in [0, 0.05) is 58.1 Å². The van der Waals surface area contributed by atoms with E-state index < -0.39 is 0 Å². The molecule has 6 nitrogen and oxygen atoms in total. The van der Waals surface area contributed by atoms with Gasteiger partial charge < -0.3 is 14.8 Å². The minimum absolute atomic E-state index is 0.0490. The van der Waals surface area contributed by atoms with Gasteiger partial charge in [0.15, 0.2) is 0 Å². The molecular formula is C15H27N5O. The number of nitrogens with one attached hydrogen (secondary N) is 1. The zero-order chi connectivity index (χ0) is 15.2. The lowest BCUT2D eigenvalue weighted by molar-refractivity contribution is -0.126. The molecule has 0 saturated carbocycles. The number of aromatic nitrogens is 2. The summed E-state index contributed by atoms with van der Waals surface area (Å²) in [4.78, 5) is 21.1. The summed E-state index contributed by atoms with van der Waals surface area (Å²) in [6, 6.07) is -0.0490. The van der Waals surface area contributed by atoms with Crippen LogP contribution in [0.15, 0.2) is 12.4 Å². The number of carbonyl (C=O) groups is 1. The van der Waals surface area contributed by atoms with E-state index in [9.17, 15) is 4.79 Å². The average Bonchev–Trinajstić information content (AvgIpc) is 2.94. The van der Waals surface area contributed by atoms with Crippen LogP contribution < -0.4 is 5.32 Å². The molecule has 0 aliphatic carbocycles. The number of imidazole rings is 1. The Bertz CT molecular complexity index is 451. The summed E-state index contributed by atoms with van der Waals surface area (Å²) in [5.74, 6) is 1.19. The largest absolute Gasteiger partial charge is 0.353 e. The minimum Gasteiger partial charge on any atom is -0.353 e. The van der Waals surface area contributed by atoms with E-state index in [1.54, 1.807) is 0 Å². The zero-order valence-electron chi connectivity index (χ0n) is 13.4. The first kappa shape index (κ1) is 16.0. The van der Waals surface area contributed by atoms with Gasteiger partial charge in [0.1, 0.15) is 5.82 Å². The van der Waals surface area contributed by atoms with Crippen molar-refractivity contribution in [2.75, 3.05) is 39.8 Å². The van der Waals surface area contributed by atoms with Crippen LogP contribution in [0.4, 0.5) is 0 Å². The summed E-state index contributed by atoms with van der Waals surface area (Å²) >= 11 is 0. The number of hydrogen-bond donors (Lipinski definition) is 1. The Kier molecular flexibility index (Phi) is 5.76. The van der Waals surface area contributed by atoms with Gasteiger partial charge in [-0.2, -0.15) is 0 Å². The number of carbonyl (C=O) groups excluding carboxylic acids is 1. The molecule has 0 spiro atoms. The summed E-state index contributed by atoms with van der Waals surface area (Å²) < 4.78 is 2.10. The molecule has 0 radical (unpaired) electrons. The Morgan fingerprint density at radius 1 is 1.38 bits per heavy atom. The molecular weight excluding hydrogens is 266 g/mol. The van der Waals surface area contributed by atoms with Gasteiger partial charge in [0.2, 0.25) is 5.91 Å². The van der Waals surface area contributed by atoms with Crippen LogP contribution in [0.1, 0.15) is 19.7 Å². The summed E-state index contributed by atoms with van der Waals surface area (Å²) in [5, 5.41) is 3.04. The fourth-order valence-corrected chi connectivity index (χ4v) is 2.68. The van der Waals surface area contributed by atoms with Crippen LogP contribution in [-0.2, 0) is 17.8 Å². The first-order valence-corrected chi connectivity index (χ1v) is 7.82. The zero-order valence-corrected chi connectivity index (χ0v) is 13.4. The van der Waals surface area contributed by atoms with Crippen molar-refractivity contribution in [1.82, 2.24) is 24.7 Å². The highest BCUT2D eigenvalue weighted by molar-refractivity contribution is 5.81. The summed E-state index contributed by atoms with van der Waals surface area (Å²) in [7, 11) is 2.12. The van der Waals surface area contributed by atoms with Crippen molar-refractivity contribution >= 4 is 5.91 Å². The van der Waals surface area contributed by atoms with Gasteiger partial charge >= 0.3 is 0 Å². The van der Waals surface area contributed by atoms with Gasteiger partial charge in [0.05, 0.1) is 6.04 Å². The smallest absolute Gasteiger partial charge is 0.237 e. The standard InChI is InChI=1S/C15H27N5O/c1-4-14-16-5-7-20(14)8-6-17-15(21)13(2)19-11-9-18(3)10-12-19/h5,7,13H,4,6,8-12H2,1-3H3,(H,17,21). The van der Waals surface area contributed by atoms with Gasteiger partial charge in [-0.1, -0.05) is 6.92 Å². The number of piperazine rings is 1. The lowest BCUT2D eigenvalue weighted by Crippen LogP contribution is -2.53. The topological polar surface area (TPSA) is 53.4 Å². The molecule has 6 heteroatoms. The predicted octanol–water partition coefficient (Wildman–Crippen LogP) is 0.198. The third kappa shape index (κ3) is 4.28. The van der Waals surface area contributed by atoms with Crippen LogP contribution in [0.2, 0.25) is 0 Å². The van der Waals surface area contributed by atoms with E-state index in [1.807, 2.05) is 19.3 Å². The third-order valence-electron chi connectivity index (χ3n) is 4.23. The molecule has 1 amide bonds. The molecule has 2 heterocycles. The molecule has 1 N–H and O–H groups in total. The van der Waals surface area contributed by atoms with Crippen LogP contribution in [0.5, 0.6) is 0 Å². The van der Waals surface area contributed by atoms with Crippen LogP contribution in [0, 0.1) is 0 Å². The molecule has 1 aromatic heterocycles. The molecule has 1 aliphatic rings. The van der Waals surface area contributed by atoms with E-state index in [-0.39, 0.29) is 11.9 Å². The van der Waals surface area contributed by atoms with Crippen molar-refractivity contribution in [2.45, 2.75) is 32.9 Å². The minimum atomic E-state index is -0.0490. The molecule has 21 heavy (non-hydrogen) atoms. The van der Waals surface area contributed by atoms with Gasteiger partial charge in [-0.15, -0.1) is 0 Å². The quantitative estimate of drug-likeness (QED) is 0.814. The van der Waals surface area contributed by atoms with E-state index in [4.69, 9.17) is 0 Å². The van der Waals surface area contributed by atoms with Crippen molar-refractivity contribution < 1.29 is 4.79 Å². The molecule has 1 fully saturated rings. The highest BCUT2D eigenvalue weighted by Crippen LogP contribution is 2.05. The molecule has 1 aromatic rings. The number of amides is 1. The molecule has 2 rings (SSSR count). The number of rotatable bonds is 6. The summed E-state index contributed by atoms with van der Waals surface area (Å²) in [5.41, 5.74) is 0. The normalized spacial score (nSPS) is 18.6. The number of hydrogen-bond acceptors (Lipinski definition) is 4. The van der Waals surface area contributed by atoms with Gasteiger partial charge in [-0.25, -0.2) is 4.98 Å². The van der Waals surface area contributed by atoms with Crippen LogP contribution in [0.3, 0.4) is 0 Å². The Morgan fingerprint density at radius 2 is 2.10 bits per heavy atom. The van der Waals surface area contributed by atoms with Crippen LogP contribution in [0.25, 0.3) is 0 Å². The fraction of sp³-hybridized carbons (Fsp3) is 0.733. The van der Waals surface area contributed by atoms with E-state index in [0.717, 1.165) is 45.0 Å². The highest BCUT2D eigenvalue weighted by Gasteiger charge is 2.23. The predicted molar refractivity (Wildman–Crippen MR) is 83.1 cm³/mol. The SMILES string of the molecule is CCc1nccn1CCNC(=O)C(C)N1CCN(C)CC1. The van der Waals surface area contributed by atoms with E-state index in [0.29, 0.717) is 6.54 Å². The molecule has 0 bridgehead atoms. The van der Waals surface area contributed by atoms with Gasteiger partial charge in [-0.3, -0.25) is 9.69 Å². The Morgan fingerprint density at radius 3 is 2.76 bits per heavy atom. The Balaban J connectivity index is 1.74. The monoisotopic (exact) mass is 293 g/mol. The van der Waals surface area contributed by atoms with Crippen LogP contribution >= 0.6 is 0 Å². The second-order valence-electron chi connectivity index (χ2n) is 5.70. The van der Waals surface area contributed by atoms with Crippen molar-refractivity contribution in [1.29, 1.82) is 0 Å². The van der Waals surface area contributed by atoms with Crippen molar-refractivity contribution in [3.8, 4) is 0 Å². The third-order valence-corrected chi connectivity index (χ3v) is 4.23. The molecule has 1 atom stereocenters. The maximum Gasteiger partial charge on any atom is 0.237 e. The lowest BCUT2D eigenvalue weighted by atomic mass is 10.2. The highest BCUT2D eigenvalue weighted by atomic mass is 16.2. The van der Waals surface area contributed by atoms with Crippen molar-refractivity contribution in [3.63, 3.8) is 0 Å². The van der Waals surface area contributed by atoms with Gasteiger partial charge in [0.25, 0.3) is 0 Å². The number of aryl methyl sites for hydroxylation is 1. The number of likely N-dealkylation sites (N-methyl/N-ethyl adjacent to an activating group) is 1. The molecule has 1 unspecified atom stereocenters. The maximum absolute atomic E-state index is 12.2. The molecule has 118 valence electrons. The fourth-order valence-electron chi connectivity index (χ4n) is 2.68. The Labute approximate surface area is 127 Å². The van der Waals surface area contributed by atoms with Crippen LogP contribution in [-0.4, -0.2) is 71.1 Å². The van der Waals surface area contributed by atoms with Gasteiger partial charge in [-0.05, 0) is 14.0 Å². The Hall–Kier alpha value is -1.40. The lowest BCUT2D eigenvalue weighted by Gasteiger charge is -2.35.